The Kier molecular flexibility index (Phi) is 6.47. The Labute approximate surface area is 110 Å². The van der Waals surface area contributed by atoms with Crippen molar-refractivity contribution in [3.8, 4) is 0 Å². The van der Waals surface area contributed by atoms with Crippen molar-refractivity contribution in [3.05, 3.63) is 0 Å². The number of carbonyl (C=O) groups is 3. The fraction of sp³-hybridized carbons (Fsp3) is 0.750. The van der Waals surface area contributed by atoms with Crippen LogP contribution in [0.25, 0.3) is 0 Å². The maximum atomic E-state index is 11.4. The zero-order valence-electron chi connectivity index (χ0n) is 11.0. The van der Waals surface area contributed by atoms with E-state index in [4.69, 9.17) is 10.2 Å². The molecule has 0 bridgehead atoms. The number of carboxylic acid groups (broad SMARTS) is 3. The Balaban J connectivity index is 5.66. The van der Waals surface area contributed by atoms with Gasteiger partial charge in [0.05, 0.1) is 5.92 Å². The topological polar surface area (TPSA) is 132 Å². The molecule has 19 heavy (non-hydrogen) atoms. The van der Waals surface area contributed by atoms with Crippen LogP contribution in [-0.4, -0.2) is 44.9 Å². The largest absolute Gasteiger partial charge is 0.481 e. The summed E-state index contributed by atoms with van der Waals surface area (Å²) in [6, 6.07) is 0. The Morgan fingerprint density at radius 3 is 1.79 bits per heavy atom. The summed E-state index contributed by atoms with van der Waals surface area (Å²) in [5.41, 5.74) is -2.40. The van der Waals surface area contributed by atoms with Gasteiger partial charge in [-0.2, -0.15) is 0 Å². The van der Waals surface area contributed by atoms with E-state index in [1.54, 1.807) is 13.8 Å². The van der Waals surface area contributed by atoms with Crippen LogP contribution in [0.3, 0.4) is 0 Å². The summed E-state index contributed by atoms with van der Waals surface area (Å²) in [6.45, 7) is 2.99. The van der Waals surface area contributed by atoms with Crippen molar-refractivity contribution in [1.82, 2.24) is 0 Å². The molecule has 0 aromatic carbocycles. The van der Waals surface area contributed by atoms with Crippen molar-refractivity contribution in [3.63, 3.8) is 0 Å². The van der Waals surface area contributed by atoms with Crippen LogP contribution < -0.4 is 0 Å². The van der Waals surface area contributed by atoms with Gasteiger partial charge >= 0.3 is 17.9 Å². The molecule has 0 radical (unpaired) electrons. The van der Waals surface area contributed by atoms with Gasteiger partial charge in [0.15, 0.2) is 5.41 Å². The molecule has 0 amide bonds. The van der Waals surface area contributed by atoms with Crippen molar-refractivity contribution < 1.29 is 34.8 Å². The average molecular weight is 276 g/mol. The van der Waals surface area contributed by atoms with E-state index in [0.29, 0.717) is 0 Å². The Bertz CT molecular complexity index is 334. The highest BCUT2D eigenvalue weighted by Crippen LogP contribution is 2.38. The van der Waals surface area contributed by atoms with Crippen molar-refractivity contribution in [2.45, 2.75) is 33.1 Å². The highest BCUT2D eigenvalue weighted by atomic mass is 16.4. The first-order chi connectivity index (χ1) is 8.70. The maximum absolute atomic E-state index is 11.4. The minimum atomic E-state index is -2.40. The maximum Gasteiger partial charge on any atom is 0.321 e. The van der Waals surface area contributed by atoms with E-state index in [2.05, 4.69) is 0 Å². The van der Waals surface area contributed by atoms with Crippen molar-refractivity contribution in [1.29, 1.82) is 0 Å². The van der Waals surface area contributed by atoms with Gasteiger partial charge in [-0.1, -0.05) is 13.8 Å². The van der Waals surface area contributed by atoms with Crippen LogP contribution in [0.2, 0.25) is 0 Å². The molecule has 0 fully saturated rings. The molecule has 110 valence electrons. The molecule has 0 aliphatic heterocycles. The van der Waals surface area contributed by atoms with Gasteiger partial charge in [-0.3, -0.25) is 14.4 Å². The van der Waals surface area contributed by atoms with Crippen LogP contribution in [-0.2, 0) is 14.4 Å². The quantitative estimate of drug-likeness (QED) is 0.455. The number of carboxylic acids is 3. The summed E-state index contributed by atoms with van der Waals surface area (Å²) < 4.78 is 0. The Hall–Kier alpha value is -1.63. The first kappa shape index (κ1) is 17.4. The average Bonchev–Trinajstić information content (AvgIpc) is 2.26. The van der Waals surface area contributed by atoms with Crippen LogP contribution in [0.1, 0.15) is 33.1 Å². The fourth-order valence-electron chi connectivity index (χ4n) is 2.12. The SMILES string of the molecule is CC(C)CC(C(=O)O)C(CCCO)(C(=O)O)C(=O)O. The summed E-state index contributed by atoms with van der Waals surface area (Å²) in [4.78, 5) is 34.0. The van der Waals surface area contributed by atoms with Gasteiger partial charge in [-0.25, -0.2) is 0 Å². The molecule has 1 unspecified atom stereocenters. The first-order valence-electron chi connectivity index (χ1n) is 6.00. The molecule has 1 atom stereocenters. The number of aliphatic carboxylic acids is 3. The van der Waals surface area contributed by atoms with E-state index < -0.39 is 42.3 Å². The predicted octanol–water partition coefficient (Wildman–Crippen LogP) is 0.661. The number of aliphatic hydroxyl groups excluding tert-OH is 1. The van der Waals surface area contributed by atoms with Gasteiger partial charge in [-0.15, -0.1) is 0 Å². The minimum Gasteiger partial charge on any atom is -0.481 e. The van der Waals surface area contributed by atoms with E-state index in [-0.39, 0.29) is 18.8 Å². The second-order valence-corrected chi connectivity index (χ2v) is 4.93. The van der Waals surface area contributed by atoms with Crippen molar-refractivity contribution in [2.24, 2.45) is 17.3 Å². The summed E-state index contributed by atoms with van der Waals surface area (Å²) in [7, 11) is 0. The van der Waals surface area contributed by atoms with Crippen LogP contribution in [0.4, 0.5) is 0 Å². The second kappa shape index (κ2) is 7.08. The van der Waals surface area contributed by atoms with E-state index in [0.717, 1.165) is 0 Å². The summed E-state index contributed by atoms with van der Waals surface area (Å²) in [5, 5.41) is 36.4. The molecule has 0 heterocycles. The van der Waals surface area contributed by atoms with Crippen LogP contribution in [0, 0.1) is 17.3 Å². The number of aliphatic hydroxyl groups is 1. The van der Waals surface area contributed by atoms with E-state index in [1.807, 2.05) is 0 Å². The van der Waals surface area contributed by atoms with Crippen LogP contribution in [0.5, 0.6) is 0 Å². The van der Waals surface area contributed by atoms with Gasteiger partial charge in [0.1, 0.15) is 0 Å². The monoisotopic (exact) mass is 276 g/mol. The molecule has 0 aliphatic rings. The molecular weight excluding hydrogens is 256 g/mol. The van der Waals surface area contributed by atoms with E-state index in [9.17, 15) is 24.6 Å². The van der Waals surface area contributed by atoms with Gasteiger partial charge in [-0.05, 0) is 25.2 Å². The summed E-state index contributed by atoms with van der Waals surface area (Å²) in [6.07, 6.45) is -0.558. The molecule has 4 N–H and O–H groups in total. The molecule has 7 nitrogen and oxygen atoms in total. The predicted molar refractivity (Wildman–Crippen MR) is 64.6 cm³/mol. The van der Waals surface area contributed by atoms with Crippen LogP contribution >= 0.6 is 0 Å². The lowest BCUT2D eigenvalue weighted by atomic mass is 9.69. The molecular formula is C12H20O7. The molecule has 0 saturated carbocycles. The number of hydrogen-bond acceptors (Lipinski definition) is 4. The third-order valence-corrected chi connectivity index (χ3v) is 3.09. The van der Waals surface area contributed by atoms with E-state index in [1.165, 1.54) is 0 Å². The van der Waals surface area contributed by atoms with Crippen molar-refractivity contribution in [2.75, 3.05) is 6.61 Å². The summed E-state index contributed by atoms with van der Waals surface area (Å²) in [5.74, 6) is -6.50. The zero-order chi connectivity index (χ0) is 15.2. The van der Waals surface area contributed by atoms with Gasteiger partial charge in [0, 0.05) is 6.61 Å². The molecule has 0 aliphatic carbocycles. The normalized spacial score (nSPS) is 13.3. The third-order valence-electron chi connectivity index (χ3n) is 3.09. The van der Waals surface area contributed by atoms with E-state index >= 15 is 0 Å². The third kappa shape index (κ3) is 3.92. The molecule has 0 aromatic rings. The lowest BCUT2D eigenvalue weighted by Crippen LogP contribution is -2.49. The molecule has 0 saturated heterocycles. The first-order valence-corrected chi connectivity index (χ1v) is 6.00. The van der Waals surface area contributed by atoms with Crippen LogP contribution in [0.15, 0.2) is 0 Å². The standard InChI is InChI=1S/C12H20O7/c1-7(2)6-8(9(14)15)12(10(16)17,11(18)19)4-3-5-13/h7-8,13H,3-6H2,1-2H3,(H,14,15)(H,16,17)(H,18,19). The fourth-order valence-corrected chi connectivity index (χ4v) is 2.12. The highest BCUT2D eigenvalue weighted by molar-refractivity contribution is 6.02. The second-order valence-electron chi connectivity index (χ2n) is 4.93. The Morgan fingerprint density at radius 1 is 1.05 bits per heavy atom. The lowest BCUT2D eigenvalue weighted by molar-refractivity contribution is -0.177. The zero-order valence-corrected chi connectivity index (χ0v) is 11.0. The number of rotatable bonds is 9. The molecule has 0 rings (SSSR count). The highest BCUT2D eigenvalue weighted by Gasteiger charge is 2.55. The lowest BCUT2D eigenvalue weighted by Gasteiger charge is -2.31. The van der Waals surface area contributed by atoms with Gasteiger partial charge < -0.3 is 20.4 Å². The molecule has 0 spiro atoms. The summed E-state index contributed by atoms with van der Waals surface area (Å²) >= 11 is 0. The van der Waals surface area contributed by atoms with Crippen molar-refractivity contribution >= 4 is 17.9 Å². The molecule has 0 aromatic heterocycles. The number of hydrogen-bond donors (Lipinski definition) is 4. The Morgan fingerprint density at radius 2 is 1.53 bits per heavy atom. The molecule has 7 heteroatoms. The minimum absolute atomic E-state index is 0.0562. The van der Waals surface area contributed by atoms with Gasteiger partial charge in [0.25, 0.3) is 0 Å². The smallest absolute Gasteiger partial charge is 0.321 e. The van der Waals surface area contributed by atoms with Gasteiger partial charge in [0.2, 0.25) is 0 Å².